The standard InChI is InChI=1S/C24H23N5OS/c1-29(10-11-30)14-16-2-4-17(5-3-16)22-13-21-23(31-22)24(27-15-26-21)28-19-6-7-20-18(12-19)8-9-25-20/h2-9,12-13,15,25,30H,10-11,14H2,1H3,(H,26,27,28). The molecule has 3 aromatic heterocycles. The summed E-state index contributed by atoms with van der Waals surface area (Å²) in [7, 11) is 2.01. The molecular weight excluding hydrogens is 406 g/mol. The van der Waals surface area contributed by atoms with Gasteiger partial charge in [-0.25, -0.2) is 9.97 Å². The average Bonchev–Trinajstić information content (AvgIpc) is 3.41. The molecule has 0 aliphatic heterocycles. The molecule has 3 N–H and O–H groups in total. The Labute approximate surface area is 184 Å². The molecule has 0 radical (unpaired) electrons. The maximum atomic E-state index is 9.07. The molecule has 5 aromatic rings. The first kappa shape index (κ1) is 19.7. The Morgan fingerprint density at radius 1 is 1.06 bits per heavy atom. The van der Waals surface area contributed by atoms with Gasteiger partial charge in [0.05, 0.1) is 16.8 Å². The quantitative estimate of drug-likeness (QED) is 0.339. The minimum atomic E-state index is 0.173. The largest absolute Gasteiger partial charge is 0.395 e. The van der Waals surface area contributed by atoms with Crippen LogP contribution in [0.4, 0.5) is 11.5 Å². The molecule has 2 aromatic carbocycles. The second-order valence-electron chi connectivity index (χ2n) is 7.61. The van der Waals surface area contributed by atoms with Gasteiger partial charge in [-0.2, -0.15) is 0 Å². The number of aromatic amines is 1. The first-order chi connectivity index (χ1) is 15.2. The third-order valence-corrected chi connectivity index (χ3v) is 6.48. The van der Waals surface area contributed by atoms with E-state index in [4.69, 9.17) is 5.11 Å². The van der Waals surface area contributed by atoms with Gasteiger partial charge in [0.1, 0.15) is 6.33 Å². The molecule has 0 atom stereocenters. The Kier molecular flexibility index (Phi) is 5.38. The van der Waals surface area contributed by atoms with Gasteiger partial charge in [0.25, 0.3) is 0 Å². The smallest absolute Gasteiger partial charge is 0.151 e. The predicted octanol–water partition coefficient (Wildman–Crippen LogP) is 5.01. The molecule has 5 rings (SSSR count). The lowest BCUT2D eigenvalue weighted by Gasteiger charge is -2.15. The van der Waals surface area contributed by atoms with E-state index in [1.165, 1.54) is 5.56 Å². The van der Waals surface area contributed by atoms with E-state index in [1.807, 2.05) is 19.3 Å². The number of nitrogens with one attached hydrogen (secondary N) is 2. The summed E-state index contributed by atoms with van der Waals surface area (Å²) in [6.07, 6.45) is 3.55. The van der Waals surface area contributed by atoms with E-state index in [9.17, 15) is 0 Å². The van der Waals surface area contributed by atoms with Crippen LogP contribution in [0, 0.1) is 0 Å². The van der Waals surface area contributed by atoms with E-state index in [0.29, 0.717) is 6.54 Å². The average molecular weight is 430 g/mol. The molecule has 0 unspecified atom stereocenters. The number of H-pyrrole nitrogens is 1. The number of nitrogens with zero attached hydrogens (tertiary/aromatic N) is 3. The highest BCUT2D eigenvalue weighted by Crippen LogP contribution is 2.36. The topological polar surface area (TPSA) is 77.1 Å². The zero-order valence-corrected chi connectivity index (χ0v) is 18.0. The molecule has 3 heterocycles. The van der Waals surface area contributed by atoms with Crippen LogP contribution < -0.4 is 5.32 Å². The Hall–Kier alpha value is -3.26. The highest BCUT2D eigenvalue weighted by Gasteiger charge is 2.11. The van der Waals surface area contributed by atoms with Gasteiger partial charge in [-0.1, -0.05) is 24.3 Å². The van der Waals surface area contributed by atoms with Crippen LogP contribution in [-0.4, -0.2) is 45.2 Å². The fraction of sp³-hybridized carbons (Fsp3) is 0.167. The van der Waals surface area contributed by atoms with Crippen molar-refractivity contribution in [3.63, 3.8) is 0 Å². The molecule has 7 heteroatoms. The SMILES string of the molecule is CN(CCO)Cc1ccc(-c2cc3ncnc(Nc4ccc5[nH]ccc5c4)c3s2)cc1. The molecule has 6 nitrogen and oxygen atoms in total. The van der Waals surface area contributed by atoms with Crippen molar-refractivity contribution in [2.75, 3.05) is 25.5 Å². The molecule has 0 saturated heterocycles. The van der Waals surface area contributed by atoms with Crippen molar-refractivity contribution >= 4 is 44.0 Å². The monoisotopic (exact) mass is 429 g/mol. The number of hydrogen-bond acceptors (Lipinski definition) is 6. The van der Waals surface area contributed by atoms with Gasteiger partial charge < -0.3 is 15.4 Å². The van der Waals surface area contributed by atoms with Crippen LogP contribution in [0.15, 0.2) is 67.1 Å². The van der Waals surface area contributed by atoms with Crippen LogP contribution in [-0.2, 0) is 6.54 Å². The summed E-state index contributed by atoms with van der Waals surface area (Å²) >= 11 is 1.69. The number of likely N-dealkylation sites (N-methyl/N-ethyl adjacent to an activating group) is 1. The van der Waals surface area contributed by atoms with E-state index in [1.54, 1.807) is 17.7 Å². The number of fused-ring (bicyclic) bond motifs is 2. The summed E-state index contributed by atoms with van der Waals surface area (Å²) in [5, 5.41) is 13.7. The summed E-state index contributed by atoms with van der Waals surface area (Å²) in [5.41, 5.74) is 5.44. The first-order valence-electron chi connectivity index (χ1n) is 10.2. The predicted molar refractivity (Wildman–Crippen MR) is 128 cm³/mol. The van der Waals surface area contributed by atoms with Crippen molar-refractivity contribution in [2.45, 2.75) is 6.54 Å². The summed E-state index contributed by atoms with van der Waals surface area (Å²) in [4.78, 5) is 15.5. The number of thiophene rings is 1. The molecule has 31 heavy (non-hydrogen) atoms. The van der Waals surface area contributed by atoms with E-state index in [0.717, 1.165) is 49.6 Å². The molecule has 0 saturated carbocycles. The van der Waals surface area contributed by atoms with Crippen LogP contribution in [0.3, 0.4) is 0 Å². The van der Waals surface area contributed by atoms with Crippen molar-refractivity contribution in [3.8, 4) is 10.4 Å². The second kappa shape index (κ2) is 8.47. The highest BCUT2D eigenvalue weighted by molar-refractivity contribution is 7.22. The third kappa shape index (κ3) is 4.16. The first-order valence-corrected chi connectivity index (χ1v) is 11.0. The molecular formula is C24H23N5OS. The van der Waals surface area contributed by atoms with E-state index in [2.05, 4.69) is 73.7 Å². The normalized spacial score (nSPS) is 11.6. The summed E-state index contributed by atoms with van der Waals surface area (Å²) < 4.78 is 1.04. The number of anilines is 2. The lowest BCUT2D eigenvalue weighted by Crippen LogP contribution is -2.21. The van der Waals surface area contributed by atoms with Crippen LogP contribution in [0.5, 0.6) is 0 Å². The van der Waals surface area contributed by atoms with Crippen LogP contribution in [0.25, 0.3) is 31.6 Å². The van der Waals surface area contributed by atoms with Gasteiger partial charge in [-0.15, -0.1) is 11.3 Å². The maximum Gasteiger partial charge on any atom is 0.151 e. The zero-order chi connectivity index (χ0) is 21.2. The maximum absolute atomic E-state index is 9.07. The fourth-order valence-electron chi connectivity index (χ4n) is 3.69. The highest BCUT2D eigenvalue weighted by atomic mass is 32.1. The number of aliphatic hydroxyl groups is 1. The minimum absolute atomic E-state index is 0.173. The Bertz CT molecular complexity index is 1330. The molecule has 0 spiro atoms. The van der Waals surface area contributed by atoms with Gasteiger partial charge in [0, 0.05) is 40.8 Å². The fourth-order valence-corrected chi connectivity index (χ4v) is 4.75. The molecule has 156 valence electrons. The lowest BCUT2D eigenvalue weighted by atomic mass is 10.1. The number of aliphatic hydroxyl groups excluding tert-OH is 1. The van der Waals surface area contributed by atoms with E-state index < -0.39 is 0 Å². The third-order valence-electron chi connectivity index (χ3n) is 5.30. The Morgan fingerprint density at radius 3 is 2.77 bits per heavy atom. The Morgan fingerprint density at radius 2 is 1.94 bits per heavy atom. The summed E-state index contributed by atoms with van der Waals surface area (Å²) in [6.45, 7) is 1.66. The summed E-state index contributed by atoms with van der Waals surface area (Å²) in [5.74, 6) is 0.818. The minimum Gasteiger partial charge on any atom is -0.395 e. The lowest BCUT2D eigenvalue weighted by molar-refractivity contribution is 0.217. The number of hydrogen-bond donors (Lipinski definition) is 3. The van der Waals surface area contributed by atoms with Crippen molar-refractivity contribution < 1.29 is 5.11 Å². The van der Waals surface area contributed by atoms with Gasteiger partial charge >= 0.3 is 0 Å². The number of aromatic nitrogens is 3. The van der Waals surface area contributed by atoms with E-state index in [-0.39, 0.29) is 6.61 Å². The van der Waals surface area contributed by atoms with Gasteiger partial charge in [-0.05, 0) is 48.5 Å². The zero-order valence-electron chi connectivity index (χ0n) is 17.2. The van der Waals surface area contributed by atoms with Crippen molar-refractivity contribution in [3.05, 3.63) is 72.7 Å². The molecule has 0 aliphatic rings. The number of rotatable bonds is 7. The molecule has 0 amide bonds. The molecule has 0 bridgehead atoms. The van der Waals surface area contributed by atoms with Gasteiger partial charge in [0.2, 0.25) is 0 Å². The van der Waals surface area contributed by atoms with Gasteiger partial charge in [0.15, 0.2) is 5.82 Å². The van der Waals surface area contributed by atoms with Crippen LogP contribution in [0.2, 0.25) is 0 Å². The molecule has 0 fully saturated rings. The Balaban J connectivity index is 1.41. The molecule has 0 aliphatic carbocycles. The van der Waals surface area contributed by atoms with Crippen molar-refractivity contribution in [1.29, 1.82) is 0 Å². The number of benzene rings is 2. The van der Waals surface area contributed by atoms with Crippen molar-refractivity contribution in [1.82, 2.24) is 19.9 Å². The van der Waals surface area contributed by atoms with Crippen LogP contribution in [0.1, 0.15) is 5.56 Å². The second-order valence-corrected chi connectivity index (χ2v) is 8.66. The van der Waals surface area contributed by atoms with E-state index >= 15 is 0 Å². The van der Waals surface area contributed by atoms with Crippen molar-refractivity contribution in [2.24, 2.45) is 0 Å². The van der Waals surface area contributed by atoms with Crippen LogP contribution >= 0.6 is 11.3 Å². The van der Waals surface area contributed by atoms with Gasteiger partial charge in [-0.3, -0.25) is 4.90 Å². The summed E-state index contributed by atoms with van der Waals surface area (Å²) in [6, 6.07) is 19.0.